The molecule has 6 aromatic rings. The summed E-state index contributed by atoms with van der Waals surface area (Å²) in [5, 5.41) is 16.9. The first kappa shape index (κ1) is 30.8. The normalized spacial score (nSPS) is 11.3. The number of hydrazone groups is 2. The van der Waals surface area contributed by atoms with Crippen molar-refractivity contribution in [3.63, 3.8) is 0 Å². The Labute approximate surface area is 274 Å². The van der Waals surface area contributed by atoms with E-state index >= 15 is 0 Å². The monoisotopic (exact) mass is 623 g/mol. The van der Waals surface area contributed by atoms with E-state index in [4.69, 9.17) is 4.74 Å². The van der Waals surface area contributed by atoms with Crippen LogP contribution in [0.2, 0.25) is 0 Å². The standard InChI is InChI=1S/C37H37N9O/c1-45(2)32-20-18-25(27-12-6-8-14-29(27)32)23-38-43-36-22-35(40-31-16-10-11-17-34(31)47-5)41-37(42-36)44-39-24-26-19-21-33(46(3)4)30-15-9-7-13-28(26)30/h6-24H,1-5H3,(H3,40,41,42,43,44). The molecule has 0 aliphatic carbocycles. The molecule has 0 spiro atoms. The maximum Gasteiger partial charge on any atom is 0.247 e. The van der Waals surface area contributed by atoms with Gasteiger partial charge in [-0.2, -0.15) is 20.2 Å². The molecule has 6 rings (SSSR count). The van der Waals surface area contributed by atoms with Gasteiger partial charge in [-0.1, -0.05) is 72.8 Å². The van der Waals surface area contributed by atoms with E-state index in [0.717, 1.165) is 49.7 Å². The van der Waals surface area contributed by atoms with Crippen LogP contribution in [-0.2, 0) is 0 Å². The molecule has 0 bridgehead atoms. The fraction of sp³-hybridized carbons (Fsp3) is 0.135. The van der Waals surface area contributed by atoms with Gasteiger partial charge in [-0.3, -0.25) is 5.43 Å². The summed E-state index contributed by atoms with van der Waals surface area (Å²) in [5.41, 5.74) is 11.1. The SMILES string of the molecule is COc1ccccc1Nc1cc(NN=Cc2ccc(N(C)C)c3ccccc23)nc(NN=Cc2ccc(N(C)C)c3ccccc23)n1. The fourth-order valence-electron chi connectivity index (χ4n) is 5.45. The summed E-state index contributed by atoms with van der Waals surface area (Å²) in [6.07, 6.45) is 3.57. The van der Waals surface area contributed by atoms with Gasteiger partial charge in [0.2, 0.25) is 5.95 Å². The van der Waals surface area contributed by atoms with E-state index < -0.39 is 0 Å². The van der Waals surface area contributed by atoms with Gasteiger partial charge in [0.15, 0.2) is 5.82 Å². The lowest BCUT2D eigenvalue weighted by Crippen LogP contribution is -2.09. The fourth-order valence-corrected chi connectivity index (χ4v) is 5.45. The predicted octanol–water partition coefficient (Wildman–Crippen LogP) is 7.56. The summed E-state index contributed by atoms with van der Waals surface area (Å²) in [6.45, 7) is 0. The largest absolute Gasteiger partial charge is 0.495 e. The molecule has 5 aromatic carbocycles. The third-order valence-corrected chi connectivity index (χ3v) is 7.68. The number of nitrogens with zero attached hydrogens (tertiary/aromatic N) is 6. The molecular formula is C37H37N9O. The van der Waals surface area contributed by atoms with Gasteiger partial charge >= 0.3 is 0 Å². The average molecular weight is 624 g/mol. The van der Waals surface area contributed by atoms with Gasteiger partial charge in [0, 0.05) is 67.5 Å². The van der Waals surface area contributed by atoms with Crippen molar-refractivity contribution in [3.05, 3.63) is 114 Å². The Bertz CT molecular complexity index is 1970. The first-order valence-electron chi connectivity index (χ1n) is 15.2. The summed E-state index contributed by atoms with van der Waals surface area (Å²) < 4.78 is 5.53. The number of rotatable bonds is 11. The van der Waals surface area contributed by atoms with E-state index in [1.807, 2.05) is 76.7 Å². The molecule has 236 valence electrons. The molecule has 0 saturated carbocycles. The third-order valence-electron chi connectivity index (χ3n) is 7.68. The molecule has 10 nitrogen and oxygen atoms in total. The van der Waals surface area contributed by atoms with Gasteiger partial charge in [-0.15, -0.1) is 0 Å². The lowest BCUT2D eigenvalue weighted by atomic mass is 10.0. The molecule has 0 aliphatic rings. The summed E-state index contributed by atoms with van der Waals surface area (Å²) in [7, 11) is 9.80. The van der Waals surface area contributed by atoms with Crippen molar-refractivity contribution in [3.8, 4) is 5.75 Å². The summed E-state index contributed by atoms with van der Waals surface area (Å²) >= 11 is 0. The topological polar surface area (TPSA) is 102 Å². The molecule has 0 fully saturated rings. The number of fused-ring (bicyclic) bond motifs is 2. The summed E-state index contributed by atoms with van der Waals surface area (Å²) in [5.74, 6) is 1.98. The molecule has 10 heteroatoms. The Kier molecular flexibility index (Phi) is 9.10. The van der Waals surface area contributed by atoms with Crippen LogP contribution in [-0.4, -0.2) is 57.7 Å². The Morgan fingerprint density at radius 2 is 1.11 bits per heavy atom. The maximum atomic E-state index is 5.53. The number of benzene rings is 5. The van der Waals surface area contributed by atoms with Crippen LogP contribution in [0.15, 0.2) is 113 Å². The summed E-state index contributed by atoms with van der Waals surface area (Å²) in [6, 6.07) is 34.3. The number of nitrogens with one attached hydrogen (secondary N) is 3. The van der Waals surface area contributed by atoms with Gasteiger partial charge in [0.25, 0.3) is 0 Å². The van der Waals surface area contributed by atoms with E-state index in [0.29, 0.717) is 17.4 Å². The van der Waals surface area contributed by atoms with Gasteiger partial charge in [-0.25, -0.2) is 5.43 Å². The van der Waals surface area contributed by atoms with Crippen molar-refractivity contribution in [1.82, 2.24) is 9.97 Å². The first-order chi connectivity index (χ1) is 22.9. The van der Waals surface area contributed by atoms with Gasteiger partial charge in [0.05, 0.1) is 25.2 Å². The van der Waals surface area contributed by atoms with Crippen LogP contribution >= 0.6 is 0 Å². The zero-order chi connectivity index (χ0) is 32.8. The van der Waals surface area contributed by atoms with E-state index in [-0.39, 0.29) is 5.95 Å². The lowest BCUT2D eigenvalue weighted by molar-refractivity contribution is 0.417. The number of para-hydroxylation sites is 2. The maximum absolute atomic E-state index is 5.53. The minimum Gasteiger partial charge on any atom is -0.495 e. The smallest absolute Gasteiger partial charge is 0.247 e. The highest BCUT2D eigenvalue weighted by atomic mass is 16.5. The lowest BCUT2D eigenvalue weighted by Gasteiger charge is -2.16. The Balaban J connectivity index is 1.29. The zero-order valence-electron chi connectivity index (χ0n) is 27.1. The minimum atomic E-state index is 0.286. The van der Waals surface area contributed by atoms with Crippen LogP contribution in [0.25, 0.3) is 21.5 Å². The number of ether oxygens (including phenoxy) is 1. The molecule has 0 saturated heterocycles. The third kappa shape index (κ3) is 6.91. The van der Waals surface area contributed by atoms with Crippen molar-refractivity contribution < 1.29 is 4.74 Å². The van der Waals surface area contributed by atoms with Gasteiger partial charge < -0.3 is 19.9 Å². The molecule has 0 radical (unpaired) electrons. The number of hydrogen-bond acceptors (Lipinski definition) is 10. The molecule has 0 atom stereocenters. The molecule has 3 N–H and O–H groups in total. The molecule has 0 amide bonds. The van der Waals surface area contributed by atoms with Crippen molar-refractivity contribution in [2.75, 3.05) is 61.3 Å². The molecular weight excluding hydrogens is 586 g/mol. The van der Waals surface area contributed by atoms with Crippen molar-refractivity contribution in [2.24, 2.45) is 10.2 Å². The second-order valence-corrected chi connectivity index (χ2v) is 11.3. The molecule has 0 unspecified atom stereocenters. The van der Waals surface area contributed by atoms with Gasteiger partial charge in [-0.05, 0) is 35.0 Å². The highest BCUT2D eigenvalue weighted by molar-refractivity contribution is 6.06. The second kappa shape index (κ2) is 13.9. The number of aromatic nitrogens is 2. The van der Waals surface area contributed by atoms with Crippen LogP contribution < -0.4 is 30.7 Å². The molecule has 1 heterocycles. The van der Waals surface area contributed by atoms with Crippen LogP contribution in [0.3, 0.4) is 0 Å². The van der Waals surface area contributed by atoms with E-state index in [2.05, 4.69) is 94.7 Å². The van der Waals surface area contributed by atoms with E-state index in [1.165, 1.54) is 0 Å². The number of methoxy groups -OCH3 is 1. The second-order valence-electron chi connectivity index (χ2n) is 11.3. The quantitative estimate of drug-likeness (QED) is 0.100. The first-order valence-corrected chi connectivity index (χ1v) is 15.2. The average Bonchev–Trinajstić information content (AvgIpc) is 3.08. The van der Waals surface area contributed by atoms with E-state index in [1.54, 1.807) is 25.6 Å². The minimum absolute atomic E-state index is 0.286. The van der Waals surface area contributed by atoms with Gasteiger partial charge in [0.1, 0.15) is 11.6 Å². The van der Waals surface area contributed by atoms with E-state index in [9.17, 15) is 0 Å². The van der Waals surface area contributed by atoms with Crippen LogP contribution in [0.1, 0.15) is 11.1 Å². The summed E-state index contributed by atoms with van der Waals surface area (Å²) in [4.78, 5) is 13.5. The predicted molar refractivity (Wildman–Crippen MR) is 197 cm³/mol. The number of hydrogen-bond donors (Lipinski definition) is 3. The Morgan fingerprint density at radius 3 is 1.68 bits per heavy atom. The highest BCUT2D eigenvalue weighted by Crippen LogP contribution is 2.30. The molecule has 47 heavy (non-hydrogen) atoms. The Morgan fingerprint density at radius 1 is 0.596 bits per heavy atom. The number of anilines is 6. The zero-order valence-corrected chi connectivity index (χ0v) is 27.1. The molecule has 0 aliphatic heterocycles. The van der Waals surface area contributed by atoms with Crippen LogP contribution in [0.5, 0.6) is 5.75 Å². The van der Waals surface area contributed by atoms with Crippen molar-refractivity contribution in [1.29, 1.82) is 0 Å². The van der Waals surface area contributed by atoms with Crippen molar-refractivity contribution >= 4 is 68.6 Å². The van der Waals surface area contributed by atoms with Crippen LogP contribution in [0.4, 0.5) is 34.6 Å². The Hall–Kier alpha value is -6.16. The van der Waals surface area contributed by atoms with Crippen molar-refractivity contribution in [2.45, 2.75) is 0 Å². The molecule has 1 aromatic heterocycles. The van der Waals surface area contributed by atoms with Crippen LogP contribution in [0, 0.1) is 0 Å². The highest BCUT2D eigenvalue weighted by Gasteiger charge is 2.10.